The lowest BCUT2D eigenvalue weighted by atomic mass is 10.0. The predicted molar refractivity (Wildman–Crippen MR) is 105 cm³/mol. The Bertz CT molecular complexity index is 861. The predicted octanol–water partition coefficient (Wildman–Crippen LogP) is 4.72. The van der Waals surface area contributed by atoms with Crippen LogP contribution in [0.4, 0.5) is 0 Å². The molecule has 0 radical (unpaired) electrons. The van der Waals surface area contributed by atoms with Crippen molar-refractivity contribution in [1.82, 2.24) is 0 Å². The molecule has 0 aliphatic rings. The van der Waals surface area contributed by atoms with E-state index in [1.165, 1.54) is 7.11 Å². The summed E-state index contributed by atoms with van der Waals surface area (Å²) in [6, 6.07) is 14.7. The first-order chi connectivity index (χ1) is 13.0. The number of methoxy groups -OCH3 is 2. The number of nitrogens with zero attached hydrogens (tertiary/aromatic N) is 1. The normalized spacial score (nSPS) is 11.0. The van der Waals surface area contributed by atoms with E-state index in [1.54, 1.807) is 43.5 Å². The van der Waals surface area contributed by atoms with Crippen molar-refractivity contribution in [2.75, 3.05) is 14.2 Å². The second-order valence-corrected chi connectivity index (χ2v) is 6.38. The second-order valence-electron chi connectivity index (χ2n) is 6.38. The van der Waals surface area contributed by atoms with E-state index in [9.17, 15) is 10.1 Å². The Hall–Kier alpha value is -3.26. The van der Waals surface area contributed by atoms with E-state index in [0.29, 0.717) is 23.5 Å². The van der Waals surface area contributed by atoms with Crippen molar-refractivity contribution in [3.05, 3.63) is 53.6 Å². The van der Waals surface area contributed by atoms with Crippen LogP contribution in [0.25, 0.3) is 11.6 Å². The molecule has 0 heterocycles. The molecule has 5 nitrogen and oxygen atoms in total. The van der Waals surface area contributed by atoms with E-state index in [2.05, 4.69) is 6.07 Å². The largest absolute Gasteiger partial charge is 0.497 e. The van der Waals surface area contributed by atoms with Gasteiger partial charge in [-0.05, 0) is 59.5 Å². The number of rotatable bonds is 7. The number of allylic oxidation sites excluding steroid dienone is 1. The smallest absolute Gasteiger partial charge is 0.311 e. The highest BCUT2D eigenvalue weighted by atomic mass is 16.6. The summed E-state index contributed by atoms with van der Waals surface area (Å²) in [5.74, 6) is 1.44. The first kappa shape index (κ1) is 20.1. The van der Waals surface area contributed by atoms with Crippen LogP contribution in [0, 0.1) is 17.2 Å². The quantitative estimate of drug-likeness (QED) is 0.307. The number of hydrogen-bond acceptors (Lipinski definition) is 5. The molecule has 0 saturated carbocycles. The molecule has 0 spiro atoms. The van der Waals surface area contributed by atoms with Gasteiger partial charge in [-0.3, -0.25) is 4.79 Å². The van der Waals surface area contributed by atoms with Gasteiger partial charge in [-0.15, -0.1) is 0 Å². The molecule has 2 rings (SSSR count). The van der Waals surface area contributed by atoms with Crippen LogP contribution < -0.4 is 14.2 Å². The maximum absolute atomic E-state index is 11.9. The van der Waals surface area contributed by atoms with Gasteiger partial charge in [0, 0.05) is 6.42 Å². The van der Waals surface area contributed by atoms with Gasteiger partial charge in [-0.25, -0.2) is 0 Å². The fourth-order valence-electron chi connectivity index (χ4n) is 2.47. The van der Waals surface area contributed by atoms with Crippen LogP contribution >= 0.6 is 0 Å². The Morgan fingerprint density at radius 1 is 1.07 bits per heavy atom. The van der Waals surface area contributed by atoms with Gasteiger partial charge in [-0.1, -0.05) is 19.9 Å². The zero-order valence-electron chi connectivity index (χ0n) is 16.0. The van der Waals surface area contributed by atoms with E-state index in [1.807, 2.05) is 26.0 Å². The van der Waals surface area contributed by atoms with Crippen molar-refractivity contribution in [2.45, 2.75) is 20.3 Å². The van der Waals surface area contributed by atoms with Crippen LogP contribution in [0.1, 0.15) is 31.4 Å². The maximum Gasteiger partial charge on any atom is 0.311 e. The lowest BCUT2D eigenvalue weighted by molar-refractivity contribution is -0.135. The van der Waals surface area contributed by atoms with E-state index < -0.39 is 0 Å². The van der Waals surface area contributed by atoms with Crippen LogP contribution in [0.2, 0.25) is 0 Å². The SMILES string of the molecule is COc1ccc(/C(C#N)=C\c2ccc(OC(=O)CC(C)C)c(OC)c2)cc1. The number of hydrogen-bond donors (Lipinski definition) is 0. The van der Waals surface area contributed by atoms with E-state index in [-0.39, 0.29) is 11.9 Å². The molecule has 0 unspecified atom stereocenters. The highest BCUT2D eigenvalue weighted by molar-refractivity contribution is 5.90. The van der Waals surface area contributed by atoms with Gasteiger partial charge < -0.3 is 14.2 Å². The lowest BCUT2D eigenvalue weighted by Gasteiger charge is -2.11. The third kappa shape index (κ3) is 5.61. The lowest BCUT2D eigenvalue weighted by Crippen LogP contribution is -2.11. The molecule has 2 aromatic carbocycles. The molecular weight excluding hydrogens is 342 g/mol. The van der Waals surface area contributed by atoms with Crippen molar-refractivity contribution in [1.29, 1.82) is 5.26 Å². The summed E-state index contributed by atoms with van der Waals surface area (Å²) >= 11 is 0. The fourth-order valence-corrected chi connectivity index (χ4v) is 2.47. The Balaban J connectivity index is 2.28. The standard InChI is InChI=1S/C22H23NO4/c1-15(2)11-22(24)27-20-10-5-16(13-21(20)26-4)12-18(14-23)17-6-8-19(25-3)9-7-17/h5-10,12-13,15H,11H2,1-4H3/b18-12-. The molecule has 27 heavy (non-hydrogen) atoms. The number of nitriles is 1. The summed E-state index contributed by atoms with van der Waals surface area (Å²) < 4.78 is 15.9. The van der Waals surface area contributed by atoms with E-state index in [4.69, 9.17) is 14.2 Å². The minimum Gasteiger partial charge on any atom is -0.497 e. The minimum atomic E-state index is -0.303. The van der Waals surface area contributed by atoms with Crippen molar-refractivity contribution in [3.8, 4) is 23.3 Å². The highest BCUT2D eigenvalue weighted by Gasteiger charge is 2.12. The molecule has 2 aromatic rings. The first-order valence-corrected chi connectivity index (χ1v) is 8.61. The number of ether oxygens (including phenoxy) is 3. The van der Waals surface area contributed by atoms with Crippen molar-refractivity contribution in [2.24, 2.45) is 5.92 Å². The van der Waals surface area contributed by atoms with Gasteiger partial charge in [0.05, 0.1) is 25.9 Å². The maximum atomic E-state index is 11.9. The highest BCUT2D eigenvalue weighted by Crippen LogP contribution is 2.30. The molecule has 140 valence electrons. The van der Waals surface area contributed by atoms with Crippen LogP contribution in [-0.4, -0.2) is 20.2 Å². The van der Waals surface area contributed by atoms with Gasteiger partial charge in [0.2, 0.25) is 0 Å². The van der Waals surface area contributed by atoms with Crippen LogP contribution in [0.3, 0.4) is 0 Å². The topological polar surface area (TPSA) is 68.5 Å². The zero-order chi connectivity index (χ0) is 19.8. The van der Waals surface area contributed by atoms with Crippen LogP contribution in [-0.2, 0) is 4.79 Å². The number of carbonyl (C=O) groups is 1. The Labute approximate surface area is 159 Å². The molecule has 0 atom stereocenters. The molecule has 0 amide bonds. The van der Waals surface area contributed by atoms with Crippen LogP contribution in [0.15, 0.2) is 42.5 Å². The Morgan fingerprint density at radius 3 is 2.33 bits per heavy atom. The molecule has 0 bridgehead atoms. The number of carbonyl (C=O) groups excluding carboxylic acids is 1. The summed E-state index contributed by atoms with van der Waals surface area (Å²) in [6.45, 7) is 3.91. The summed E-state index contributed by atoms with van der Waals surface area (Å²) in [5, 5.41) is 9.50. The zero-order valence-corrected chi connectivity index (χ0v) is 16.0. The average Bonchev–Trinajstić information content (AvgIpc) is 2.66. The number of esters is 1. The van der Waals surface area contributed by atoms with E-state index >= 15 is 0 Å². The molecule has 0 fully saturated rings. The molecule has 0 N–H and O–H groups in total. The minimum absolute atomic E-state index is 0.216. The van der Waals surface area contributed by atoms with Gasteiger partial charge in [0.25, 0.3) is 0 Å². The average molecular weight is 365 g/mol. The van der Waals surface area contributed by atoms with Crippen LogP contribution in [0.5, 0.6) is 17.2 Å². The summed E-state index contributed by atoms with van der Waals surface area (Å²) in [7, 11) is 3.11. The summed E-state index contributed by atoms with van der Waals surface area (Å²) in [5.41, 5.74) is 2.05. The molecule has 0 aliphatic carbocycles. The third-order valence-electron chi connectivity index (χ3n) is 3.82. The monoisotopic (exact) mass is 365 g/mol. The van der Waals surface area contributed by atoms with E-state index in [0.717, 1.165) is 16.9 Å². The van der Waals surface area contributed by atoms with Gasteiger partial charge in [-0.2, -0.15) is 5.26 Å². The second kappa shape index (κ2) is 9.44. The molecule has 0 aliphatic heterocycles. The summed E-state index contributed by atoms with van der Waals surface area (Å²) in [6.07, 6.45) is 2.09. The first-order valence-electron chi connectivity index (χ1n) is 8.61. The Morgan fingerprint density at radius 2 is 1.78 bits per heavy atom. The van der Waals surface area contributed by atoms with Crippen molar-refractivity contribution >= 4 is 17.6 Å². The van der Waals surface area contributed by atoms with Gasteiger partial charge in [0.1, 0.15) is 5.75 Å². The van der Waals surface area contributed by atoms with Gasteiger partial charge in [0.15, 0.2) is 11.5 Å². The van der Waals surface area contributed by atoms with Crippen molar-refractivity contribution < 1.29 is 19.0 Å². The molecule has 0 aromatic heterocycles. The van der Waals surface area contributed by atoms with Gasteiger partial charge >= 0.3 is 5.97 Å². The number of benzene rings is 2. The molecule has 5 heteroatoms. The van der Waals surface area contributed by atoms with Crippen molar-refractivity contribution in [3.63, 3.8) is 0 Å². The Kier molecular flexibility index (Phi) is 7.01. The fraction of sp³-hybridized carbons (Fsp3) is 0.273. The molecular formula is C22H23NO4. The third-order valence-corrected chi connectivity index (χ3v) is 3.82. The summed E-state index contributed by atoms with van der Waals surface area (Å²) in [4.78, 5) is 11.9. The molecule has 0 saturated heterocycles.